The number of fused-ring (bicyclic) bond motifs is 5. The number of rotatable bonds is 1. The summed E-state index contributed by atoms with van der Waals surface area (Å²) in [5, 5.41) is 0. The van der Waals surface area contributed by atoms with E-state index in [1.807, 2.05) is 20.8 Å². The van der Waals surface area contributed by atoms with Gasteiger partial charge in [-0.3, -0.25) is 4.79 Å². The third-order valence-corrected chi connectivity index (χ3v) is 8.72. The fraction of sp³-hybridized carbons (Fsp3) is 0.957. The van der Waals surface area contributed by atoms with E-state index in [9.17, 15) is 4.79 Å². The molecule has 0 radical (unpaired) electrons. The summed E-state index contributed by atoms with van der Waals surface area (Å²) in [7, 11) is 2.35. The van der Waals surface area contributed by atoms with Gasteiger partial charge in [-0.05, 0) is 109 Å². The predicted octanol–water partition coefficient (Wildman–Crippen LogP) is 4.89. The molecule has 0 aromatic rings. The number of nitrogens with zero attached hydrogens (tertiary/aromatic N) is 1. The van der Waals surface area contributed by atoms with Crippen molar-refractivity contribution in [1.29, 1.82) is 0 Å². The van der Waals surface area contributed by atoms with E-state index < -0.39 is 5.41 Å². The van der Waals surface area contributed by atoms with Crippen molar-refractivity contribution in [3.8, 4) is 0 Å². The minimum absolute atomic E-state index is 0.0101. The number of hydrogen-bond donors (Lipinski definition) is 0. The molecule has 3 nitrogen and oxygen atoms in total. The van der Waals surface area contributed by atoms with Gasteiger partial charge in [0.25, 0.3) is 0 Å². The van der Waals surface area contributed by atoms with Crippen LogP contribution >= 0.6 is 0 Å². The molecule has 1 heterocycles. The zero-order valence-electron chi connectivity index (χ0n) is 17.6. The zero-order valence-corrected chi connectivity index (χ0v) is 17.6. The van der Waals surface area contributed by atoms with Crippen molar-refractivity contribution < 1.29 is 9.53 Å². The van der Waals surface area contributed by atoms with Crippen molar-refractivity contribution in [2.24, 2.45) is 34.5 Å². The predicted molar refractivity (Wildman–Crippen MR) is 105 cm³/mol. The number of carbonyl (C=O) groups is 1. The number of esters is 1. The van der Waals surface area contributed by atoms with Crippen LogP contribution in [0.3, 0.4) is 0 Å². The second kappa shape index (κ2) is 6.50. The minimum Gasteiger partial charge on any atom is -0.461 e. The molecule has 0 spiro atoms. The smallest absolute Gasteiger partial charge is 0.311 e. The molecule has 0 N–H and O–H groups in total. The van der Waals surface area contributed by atoms with Crippen LogP contribution < -0.4 is 0 Å². The SMILES string of the molecule is CN1CCC[C@@H]2[C@H]3CC[C@]4(C)[C@@H](OC(=O)C(C)(C)C)CC[C@H]4[C@@H]3CC[C@H]21. The van der Waals surface area contributed by atoms with E-state index in [-0.39, 0.29) is 17.5 Å². The molecule has 1 saturated heterocycles. The normalized spacial score (nSPS) is 46.2. The third kappa shape index (κ3) is 2.93. The quantitative estimate of drug-likeness (QED) is 0.623. The van der Waals surface area contributed by atoms with Crippen LogP contribution in [0.5, 0.6) is 0 Å². The third-order valence-electron chi connectivity index (χ3n) is 8.72. The summed E-state index contributed by atoms with van der Waals surface area (Å²) < 4.78 is 6.10. The summed E-state index contributed by atoms with van der Waals surface area (Å²) >= 11 is 0. The molecule has 4 fully saturated rings. The molecule has 3 heteroatoms. The summed E-state index contributed by atoms with van der Waals surface area (Å²) in [5.74, 6) is 3.48. The highest BCUT2D eigenvalue weighted by Crippen LogP contribution is 2.62. The number of piperidine rings is 1. The first kappa shape index (κ1) is 18.8. The lowest BCUT2D eigenvalue weighted by atomic mass is 9.52. The van der Waals surface area contributed by atoms with Gasteiger partial charge in [0.2, 0.25) is 0 Å². The highest BCUT2D eigenvalue weighted by molar-refractivity contribution is 5.75. The van der Waals surface area contributed by atoms with Crippen LogP contribution in [0.1, 0.15) is 79.1 Å². The molecule has 1 aliphatic heterocycles. The molecule has 4 rings (SSSR count). The van der Waals surface area contributed by atoms with Crippen LogP contribution in [0.15, 0.2) is 0 Å². The molecule has 4 aliphatic rings. The molecule has 0 aromatic heterocycles. The van der Waals surface area contributed by atoms with Crippen molar-refractivity contribution in [2.75, 3.05) is 13.6 Å². The maximum absolute atomic E-state index is 12.5. The first-order valence-electron chi connectivity index (χ1n) is 11.1. The van der Waals surface area contributed by atoms with E-state index in [0.717, 1.165) is 36.1 Å². The minimum atomic E-state index is -0.392. The van der Waals surface area contributed by atoms with Gasteiger partial charge < -0.3 is 9.64 Å². The van der Waals surface area contributed by atoms with Gasteiger partial charge in [0.1, 0.15) is 6.10 Å². The lowest BCUT2D eigenvalue weighted by Crippen LogP contribution is -2.55. The van der Waals surface area contributed by atoms with Crippen LogP contribution in [0.2, 0.25) is 0 Å². The van der Waals surface area contributed by atoms with Gasteiger partial charge in [0.05, 0.1) is 5.41 Å². The first-order valence-corrected chi connectivity index (χ1v) is 11.1. The summed E-state index contributed by atoms with van der Waals surface area (Å²) in [6.07, 6.45) is 10.7. The van der Waals surface area contributed by atoms with Gasteiger partial charge in [0, 0.05) is 11.5 Å². The van der Waals surface area contributed by atoms with Crippen LogP contribution in [0.4, 0.5) is 0 Å². The maximum Gasteiger partial charge on any atom is 0.311 e. The number of hydrogen-bond acceptors (Lipinski definition) is 3. The first-order chi connectivity index (χ1) is 12.2. The summed E-state index contributed by atoms with van der Waals surface area (Å²) in [4.78, 5) is 15.2. The topological polar surface area (TPSA) is 29.5 Å². The molecule has 3 saturated carbocycles. The summed E-state index contributed by atoms with van der Waals surface area (Å²) in [5.41, 5.74) is -0.175. The molecule has 3 aliphatic carbocycles. The van der Waals surface area contributed by atoms with Gasteiger partial charge in [0.15, 0.2) is 0 Å². The van der Waals surface area contributed by atoms with Gasteiger partial charge in [-0.2, -0.15) is 0 Å². The second-order valence-corrected chi connectivity index (χ2v) is 11.1. The van der Waals surface area contributed by atoms with Crippen molar-refractivity contribution in [3.63, 3.8) is 0 Å². The Labute approximate surface area is 160 Å². The fourth-order valence-electron chi connectivity index (χ4n) is 7.27. The van der Waals surface area contributed by atoms with Crippen LogP contribution in [0, 0.1) is 34.5 Å². The molecule has 7 atom stereocenters. The van der Waals surface area contributed by atoms with Crippen LogP contribution in [-0.2, 0) is 9.53 Å². The standard InChI is InChI=1S/C23H39NO2/c1-22(2,3)21(25)26-20-11-9-18-16-8-10-19-17(7-6-14-24(19)5)15(16)12-13-23(18,20)4/h15-20H,6-14H2,1-5H3/t15-,16+,17+,18-,19+,20-,23-/m0/s1. The number of ether oxygens (including phenoxy) is 1. The number of carbonyl (C=O) groups excluding carboxylic acids is 1. The fourth-order valence-corrected chi connectivity index (χ4v) is 7.27. The van der Waals surface area contributed by atoms with E-state index in [0.29, 0.717) is 0 Å². The van der Waals surface area contributed by atoms with Crippen molar-refractivity contribution in [3.05, 3.63) is 0 Å². The van der Waals surface area contributed by atoms with Gasteiger partial charge in [-0.1, -0.05) is 6.92 Å². The average Bonchev–Trinajstić information content (AvgIpc) is 2.91. The molecule has 0 unspecified atom stereocenters. The Balaban J connectivity index is 1.50. The second-order valence-electron chi connectivity index (χ2n) is 11.1. The van der Waals surface area contributed by atoms with E-state index in [2.05, 4.69) is 18.9 Å². The summed E-state index contributed by atoms with van der Waals surface area (Å²) in [6, 6.07) is 0.838. The van der Waals surface area contributed by atoms with Gasteiger partial charge >= 0.3 is 5.97 Å². The molecule has 0 amide bonds. The summed E-state index contributed by atoms with van der Waals surface area (Å²) in [6.45, 7) is 9.66. The van der Waals surface area contributed by atoms with Crippen LogP contribution in [0.25, 0.3) is 0 Å². The Kier molecular flexibility index (Phi) is 4.69. The van der Waals surface area contributed by atoms with Gasteiger partial charge in [-0.25, -0.2) is 0 Å². The molecule has 148 valence electrons. The van der Waals surface area contributed by atoms with Crippen molar-refractivity contribution in [2.45, 2.75) is 91.2 Å². The van der Waals surface area contributed by atoms with Crippen molar-refractivity contribution >= 4 is 5.97 Å². The highest BCUT2D eigenvalue weighted by atomic mass is 16.5. The largest absolute Gasteiger partial charge is 0.461 e. The average molecular weight is 362 g/mol. The van der Waals surface area contributed by atoms with Gasteiger partial charge in [-0.15, -0.1) is 0 Å². The van der Waals surface area contributed by atoms with E-state index in [4.69, 9.17) is 4.74 Å². The van der Waals surface area contributed by atoms with E-state index >= 15 is 0 Å². The molecule has 26 heavy (non-hydrogen) atoms. The lowest BCUT2D eigenvalue weighted by Gasteiger charge is -2.56. The Morgan fingerprint density at radius 3 is 2.50 bits per heavy atom. The van der Waals surface area contributed by atoms with Crippen molar-refractivity contribution in [1.82, 2.24) is 4.90 Å². The molecular formula is C23H39NO2. The Morgan fingerprint density at radius 1 is 1.00 bits per heavy atom. The molecule has 0 aromatic carbocycles. The Hall–Kier alpha value is -0.570. The van der Waals surface area contributed by atoms with E-state index in [1.165, 1.54) is 51.5 Å². The maximum atomic E-state index is 12.5. The highest BCUT2D eigenvalue weighted by Gasteiger charge is 2.58. The Morgan fingerprint density at radius 2 is 1.77 bits per heavy atom. The zero-order chi connectivity index (χ0) is 18.7. The molecular weight excluding hydrogens is 322 g/mol. The Bertz CT molecular complexity index is 553. The van der Waals surface area contributed by atoms with E-state index in [1.54, 1.807) is 0 Å². The lowest BCUT2D eigenvalue weighted by molar-refractivity contribution is -0.169. The molecule has 0 bridgehead atoms. The number of likely N-dealkylation sites (tertiary alicyclic amines) is 1. The van der Waals surface area contributed by atoms with Crippen LogP contribution in [-0.4, -0.2) is 36.6 Å². The monoisotopic (exact) mass is 361 g/mol.